The van der Waals surface area contributed by atoms with Gasteiger partial charge in [0.15, 0.2) is 11.6 Å². The predicted octanol–water partition coefficient (Wildman–Crippen LogP) is 4.48. The maximum atomic E-state index is 14.2. The number of methoxy groups -OCH3 is 1. The zero-order chi connectivity index (χ0) is 27.3. The summed E-state index contributed by atoms with van der Waals surface area (Å²) in [7, 11) is 3.30. The number of hydrogen-bond donors (Lipinski definition) is 1. The van der Waals surface area contributed by atoms with Crippen LogP contribution in [0.3, 0.4) is 0 Å². The molecule has 0 aliphatic carbocycles. The highest BCUT2D eigenvalue weighted by Gasteiger charge is 2.48. The minimum absolute atomic E-state index is 0.185. The molecule has 0 aromatic heterocycles. The van der Waals surface area contributed by atoms with Gasteiger partial charge in [-0.15, -0.1) is 0 Å². The Morgan fingerprint density at radius 1 is 1.00 bits per heavy atom. The molecule has 3 aromatic rings. The first-order chi connectivity index (χ1) is 18.3. The minimum Gasteiger partial charge on any atom is -0.497 e. The Balaban J connectivity index is 1.66. The van der Waals surface area contributed by atoms with E-state index in [2.05, 4.69) is 5.32 Å². The largest absolute Gasteiger partial charge is 0.497 e. The van der Waals surface area contributed by atoms with Gasteiger partial charge in [0.25, 0.3) is 0 Å². The van der Waals surface area contributed by atoms with Gasteiger partial charge < -0.3 is 19.7 Å². The first-order valence-electron chi connectivity index (χ1n) is 12.3. The number of hydrogen-bond acceptors (Lipinski definition) is 5. The second kappa shape index (κ2) is 11.7. The van der Waals surface area contributed by atoms with Crippen LogP contribution in [0.2, 0.25) is 0 Å². The number of piperidine rings is 1. The van der Waals surface area contributed by atoms with Gasteiger partial charge in [-0.3, -0.25) is 4.79 Å². The first-order valence-corrected chi connectivity index (χ1v) is 12.3. The molecule has 0 bridgehead atoms. The third-order valence-corrected chi connectivity index (χ3v) is 6.93. The lowest BCUT2D eigenvalue weighted by Gasteiger charge is -2.47. The molecule has 6 nitrogen and oxygen atoms in total. The normalized spacial score (nSPS) is 19.2. The number of amides is 1. The van der Waals surface area contributed by atoms with E-state index in [-0.39, 0.29) is 31.0 Å². The molecule has 0 unspecified atom stereocenters. The summed E-state index contributed by atoms with van der Waals surface area (Å²) in [6.45, 7) is 0.774. The second-order valence-electron chi connectivity index (χ2n) is 9.26. The van der Waals surface area contributed by atoms with E-state index in [1.54, 1.807) is 50.6 Å². The molecule has 1 aliphatic heterocycles. The number of nitrogens with one attached hydrogen (secondary N) is 1. The Morgan fingerprint density at radius 2 is 1.74 bits per heavy atom. The summed E-state index contributed by atoms with van der Waals surface area (Å²) in [5.74, 6) is -4.25. The molecular weight excluding hydrogens is 497 g/mol. The molecule has 0 spiro atoms. The van der Waals surface area contributed by atoms with E-state index < -0.39 is 41.4 Å². The third-order valence-electron chi connectivity index (χ3n) is 6.93. The number of carbonyl (C=O) groups excluding carboxylic acids is 2. The summed E-state index contributed by atoms with van der Waals surface area (Å²) in [5.41, 5.74) is -0.210. The van der Waals surface area contributed by atoms with Crippen molar-refractivity contribution in [1.82, 2.24) is 10.2 Å². The van der Waals surface area contributed by atoms with Gasteiger partial charge in [-0.2, -0.15) is 0 Å². The predicted molar refractivity (Wildman–Crippen MR) is 135 cm³/mol. The quantitative estimate of drug-likeness (QED) is 0.347. The fourth-order valence-electron chi connectivity index (χ4n) is 4.94. The van der Waals surface area contributed by atoms with Gasteiger partial charge in [-0.05, 0) is 42.9 Å². The van der Waals surface area contributed by atoms with E-state index in [1.165, 1.54) is 4.90 Å². The van der Waals surface area contributed by atoms with Crippen molar-refractivity contribution < 1.29 is 32.2 Å². The topological polar surface area (TPSA) is 67.9 Å². The zero-order valence-electron chi connectivity index (χ0n) is 21.2. The molecular formula is C29H29F3N2O4. The number of esters is 1. The number of halogens is 3. The Bertz CT molecular complexity index is 1300. The lowest BCUT2D eigenvalue weighted by atomic mass is 9.75. The maximum Gasteiger partial charge on any atom is 0.339 e. The monoisotopic (exact) mass is 526 g/mol. The van der Waals surface area contributed by atoms with Crippen LogP contribution in [0.1, 0.15) is 27.9 Å². The molecule has 1 fully saturated rings. The van der Waals surface area contributed by atoms with Crippen molar-refractivity contribution in [2.45, 2.75) is 18.4 Å². The lowest BCUT2D eigenvalue weighted by Crippen LogP contribution is -2.56. The molecule has 4 rings (SSSR count). The van der Waals surface area contributed by atoms with E-state index in [0.717, 1.165) is 5.56 Å². The molecule has 38 heavy (non-hydrogen) atoms. The minimum atomic E-state index is -1.31. The van der Waals surface area contributed by atoms with Crippen LogP contribution in [0.15, 0.2) is 66.7 Å². The molecule has 2 atom stereocenters. The molecule has 0 saturated carbocycles. The van der Waals surface area contributed by atoms with Gasteiger partial charge in [-0.25, -0.2) is 18.0 Å². The van der Waals surface area contributed by atoms with Crippen molar-refractivity contribution in [3.05, 3.63) is 101 Å². The van der Waals surface area contributed by atoms with Crippen LogP contribution in [-0.2, 0) is 21.6 Å². The highest BCUT2D eigenvalue weighted by molar-refractivity contribution is 5.89. The van der Waals surface area contributed by atoms with Crippen LogP contribution in [0, 0.1) is 23.4 Å². The number of nitrogens with zero attached hydrogens (tertiary/aromatic N) is 1. The maximum absolute atomic E-state index is 14.2. The average Bonchev–Trinajstić information content (AvgIpc) is 2.93. The van der Waals surface area contributed by atoms with Crippen LogP contribution in [0.25, 0.3) is 0 Å². The number of ether oxygens (including phenoxy) is 2. The van der Waals surface area contributed by atoms with E-state index in [0.29, 0.717) is 30.0 Å². The molecule has 0 radical (unpaired) electrons. The Hall–Kier alpha value is -3.85. The van der Waals surface area contributed by atoms with Gasteiger partial charge in [0.1, 0.15) is 17.2 Å². The SMILES string of the molecule is CNC[C@@H]1CN(C(=O)Cc2cc(F)c(F)cc2F)CC[C@@]1(OC(=O)c1ccccc1)c1cccc(OC)c1. The van der Waals surface area contributed by atoms with Gasteiger partial charge in [0.2, 0.25) is 5.91 Å². The Kier molecular flexibility index (Phi) is 8.36. The Labute approximate surface area is 219 Å². The molecule has 1 amide bonds. The van der Waals surface area contributed by atoms with Gasteiger partial charge in [-0.1, -0.05) is 30.3 Å². The first kappa shape index (κ1) is 27.2. The fraction of sp³-hybridized carbons (Fsp3) is 0.310. The molecule has 1 aliphatic rings. The van der Waals surface area contributed by atoms with E-state index in [9.17, 15) is 22.8 Å². The van der Waals surface area contributed by atoms with Gasteiger partial charge in [0, 0.05) is 43.6 Å². The summed E-state index contributed by atoms with van der Waals surface area (Å²) < 4.78 is 53.0. The van der Waals surface area contributed by atoms with Crippen molar-refractivity contribution in [1.29, 1.82) is 0 Å². The van der Waals surface area contributed by atoms with Crippen LogP contribution in [-0.4, -0.2) is 50.6 Å². The van der Waals surface area contributed by atoms with E-state index in [4.69, 9.17) is 9.47 Å². The molecule has 1 N–H and O–H groups in total. The highest BCUT2D eigenvalue weighted by atomic mass is 19.2. The number of carbonyl (C=O) groups is 2. The van der Waals surface area contributed by atoms with Crippen molar-refractivity contribution in [2.24, 2.45) is 5.92 Å². The molecule has 3 aromatic carbocycles. The van der Waals surface area contributed by atoms with E-state index >= 15 is 0 Å². The number of benzene rings is 3. The van der Waals surface area contributed by atoms with Crippen molar-refractivity contribution >= 4 is 11.9 Å². The second-order valence-corrected chi connectivity index (χ2v) is 9.26. The summed E-state index contributed by atoms with van der Waals surface area (Å²) in [5, 5.41) is 3.12. The third kappa shape index (κ3) is 5.67. The van der Waals surface area contributed by atoms with Crippen molar-refractivity contribution in [2.75, 3.05) is 33.8 Å². The summed E-state index contributed by atoms with van der Waals surface area (Å²) in [4.78, 5) is 28.0. The number of likely N-dealkylation sites (tertiary alicyclic amines) is 1. The standard InChI is InChI=1S/C29H29F3N2O4/c1-33-17-22-18-34(27(35)14-20-13-25(31)26(32)16-24(20)30)12-11-29(22,21-9-6-10-23(15-21)37-2)38-28(36)19-7-4-3-5-8-19/h3-10,13,15-16,22,33H,11-12,14,17-18H2,1-2H3/t22-,29-/m1/s1. The summed E-state index contributed by atoms with van der Waals surface area (Å²) in [6, 6.07) is 17.1. The summed E-state index contributed by atoms with van der Waals surface area (Å²) in [6.07, 6.45) is -0.164. The van der Waals surface area contributed by atoms with E-state index in [1.807, 2.05) is 18.2 Å². The van der Waals surface area contributed by atoms with Crippen LogP contribution < -0.4 is 10.1 Å². The fourth-order valence-corrected chi connectivity index (χ4v) is 4.94. The zero-order valence-corrected chi connectivity index (χ0v) is 21.2. The molecule has 1 heterocycles. The molecule has 200 valence electrons. The Morgan fingerprint density at radius 3 is 2.45 bits per heavy atom. The highest BCUT2D eigenvalue weighted by Crippen LogP contribution is 2.43. The lowest BCUT2D eigenvalue weighted by molar-refractivity contribution is -0.141. The van der Waals surface area contributed by atoms with Crippen LogP contribution in [0.4, 0.5) is 13.2 Å². The summed E-state index contributed by atoms with van der Waals surface area (Å²) >= 11 is 0. The van der Waals surface area contributed by atoms with Crippen LogP contribution in [0.5, 0.6) is 5.75 Å². The van der Waals surface area contributed by atoms with Crippen LogP contribution >= 0.6 is 0 Å². The number of rotatable bonds is 8. The molecule has 9 heteroatoms. The van der Waals surface area contributed by atoms with Crippen molar-refractivity contribution in [3.8, 4) is 5.75 Å². The average molecular weight is 527 g/mol. The smallest absolute Gasteiger partial charge is 0.339 e. The van der Waals surface area contributed by atoms with Gasteiger partial charge in [0.05, 0.1) is 19.1 Å². The van der Waals surface area contributed by atoms with Crippen molar-refractivity contribution in [3.63, 3.8) is 0 Å². The molecule has 1 saturated heterocycles. The van der Waals surface area contributed by atoms with Gasteiger partial charge >= 0.3 is 5.97 Å².